The SMILES string of the molecule is CCCCCCCCCCCCCCCCOc1ccc(C(=O)O)c(C(C)OC(=O)CCC/C=C\C[C@@H]2[C@@H](/C=C/C[C@H](O)C3(CC)CCC3)[C@H](O)C[C@H]2Cl)c1. The lowest BCUT2D eigenvalue weighted by atomic mass is 9.63. The van der Waals surface area contributed by atoms with Crippen LogP contribution in [0.3, 0.4) is 0 Å². The summed E-state index contributed by atoms with van der Waals surface area (Å²) >= 11 is 6.65. The molecule has 2 aliphatic rings. The predicted octanol–water partition coefficient (Wildman–Crippen LogP) is 12.5. The number of carboxylic acid groups (broad SMARTS) is 1. The van der Waals surface area contributed by atoms with Crippen molar-refractivity contribution in [1.29, 1.82) is 0 Å². The zero-order valence-corrected chi connectivity index (χ0v) is 35.3. The zero-order chi connectivity index (χ0) is 39.9. The molecule has 0 saturated heterocycles. The summed E-state index contributed by atoms with van der Waals surface area (Å²) in [5, 5.41) is 31.1. The van der Waals surface area contributed by atoms with Crippen LogP contribution in [0, 0.1) is 17.3 Å². The molecule has 1 aromatic carbocycles. The van der Waals surface area contributed by atoms with Crippen molar-refractivity contribution >= 4 is 23.5 Å². The number of carbonyl (C=O) groups excluding carboxylic acids is 1. The molecule has 0 amide bonds. The van der Waals surface area contributed by atoms with Gasteiger partial charge in [0.05, 0.1) is 24.4 Å². The number of halogens is 1. The molecule has 0 spiro atoms. The average molecular weight is 788 g/mol. The summed E-state index contributed by atoms with van der Waals surface area (Å²) < 4.78 is 11.7. The Morgan fingerprint density at radius 1 is 0.909 bits per heavy atom. The number of ether oxygens (including phenoxy) is 2. The molecule has 0 bridgehead atoms. The molecule has 0 aromatic heterocycles. The molecule has 0 radical (unpaired) electrons. The van der Waals surface area contributed by atoms with Crippen molar-refractivity contribution in [3.63, 3.8) is 0 Å². The van der Waals surface area contributed by atoms with Gasteiger partial charge in [-0.1, -0.05) is 128 Å². The average Bonchev–Trinajstić information content (AvgIpc) is 3.41. The van der Waals surface area contributed by atoms with Gasteiger partial charge >= 0.3 is 11.9 Å². The first-order valence-electron chi connectivity index (χ1n) is 22.1. The number of aliphatic hydroxyl groups excluding tert-OH is 2. The third-order valence-corrected chi connectivity index (χ3v) is 12.9. The van der Waals surface area contributed by atoms with Gasteiger partial charge < -0.3 is 24.8 Å². The van der Waals surface area contributed by atoms with E-state index in [0.29, 0.717) is 43.6 Å². The summed E-state index contributed by atoms with van der Waals surface area (Å²) in [4.78, 5) is 24.7. The minimum absolute atomic E-state index is 0.0431. The maximum atomic E-state index is 12.7. The van der Waals surface area contributed by atoms with Gasteiger partial charge in [-0.3, -0.25) is 4.79 Å². The number of rotatable bonds is 30. The highest BCUT2D eigenvalue weighted by Crippen LogP contribution is 2.48. The van der Waals surface area contributed by atoms with Crippen LogP contribution in [0.25, 0.3) is 0 Å². The van der Waals surface area contributed by atoms with E-state index in [0.717, 1.165) is 38.5 Å². The van der Waals surface area contributed by atoms with E-state index in [4.69, 9.17) is 21.1 Å². The van der Waals surface area contributed by atoms with E-state index in [-0.39, 0.29) is 46.7 Å². The monoisotopic (exact) mass is 787 g/mol. The Balaban J connectivity index is 1.32. The predicted molar refractivity (Wildman–Crippen MR) is 225 cm³/mol. The molecule has 2 saturated carbocycles. The Hall–Kier alpha value is -2.35. The largest absolute Gasteiger partial charge is 0.494 e. The van der Waals surface area contributed by atoms with Crippen molar-refractivity contribution in [2.24, 2.45) is 17.3 Å². The van der Waals surface area contributed by atoms with Gasteiger partial charge in [0.2, 0.25) is 0 Å². The molecule has 1 aromatic rings. The number of carboxylic acids is 1. The maximum absolute atomic E-state index is 12.7. The number of esters is 1. The Morgan fingerprint density at radius 2 is 1.55 bits per heavy atom. The molecule has 0 aliphatic heterocycles. The smallest absolute Gasteiger partial charge is 0.336 e. The third kappa shape index (κ3) is 16.6. The molecule has 55 heavy (non-hydrogen) atoms. The lowest BCUT2D eigenvalue weighted by Gasteiger charge is -2.45. The van der Waals surface area contributed by atoms with Crippen molar-refractivity contribution < 1.29 is 34.4 Å². The fourth-order valence-corrected chi connectivity index (χ4v) is 8.99. The molecule has 2 aliphatic carbocycles. The number of hydrogen-bond donors (Lipinski definition) is 3. The number of alkyl halides is 1. The topological polar surface area (TPSA) is 113 Å². The van der Waals surface area contributed by atoms with Crippen molar-refractivity contribution in [3.05, 3.63) is 53.6 Å². The summed E-state index contributed by atoms with van der Waals surface area (Å²) in [7, 11) is 0. The summed E-state index contributed by atoms with van der Waals surface area (Å²) in [5.74, 6) is -0.781. The third-order valence-electron chi connectivity index (χ3n) is 12.4. The molecule has 2 fully saturated rings. The van der Waals surface area contributed by atoms with Gasteiger partial charge in [-0.25, -0.2) is 4.79 Å². The fourth-order valence-electron chi connectivity index (χ4n) is 8.54. The van der Waals surface area contributed by atoms with Crippen molar-refractivity contribution in [2.75, 3.05) is 6.61 Å². The molecule has 6 atom stereocenters. The molecular formula is C47H75ClO7. The number of aromatic carboxylic acids is 1. The van der Waals surface area contributed by atoms with Crippen LogP contribution >= 0.6 is 11.6 Å². The number of aliphatic hydroxyl groups is 2. The zero-order valence-electron chi connectivity index (χ0n) is 34.5. The number of hydrogen-bond acceptors (Lipinski definition) is 6. The highest BCUT2D eigenvalue weighted by atomic mass is 35.5. The van der Waals surface area contributed by atoms with Crippen molar-refractivity contribution in [2.45, 2.75) is 199 Å². The van der Waals surface area contributed by atoms with E-state index in [2.05, 4.69) is 32.1 Å². The highest BCUT2D eigenvalue weighted by molar-refractivity contribution is 6.21. The molecule has 8 heteroatoms. The standard InChI is InChI=1S/C47H75ClO7/c1-4-6-7-8-9-10-11-12-13-14-15-16-19-22-33-54-37-29-30-40(46(52)53)41(34-37)36(3)55-45(51)28-21-18-17-20-25-38-39(43(49)35-42(38)48)26-23-27-44(50)47(5-2)31-24-32-47/h17,20,23,26,29-30,34,36,38-39,42-44,49-50H,4-16,18-19,21-22,24-25,27-28,31-33,35H2,1-3H3,(H,52,53)/b20-17-,26-23+/t36?,38-,39-,42-,43-,44+/m1/s1. The highest BCUT2D eigenvalue weighted by Gasteiger charge is 2.42. The van der Waals surface area contributed by atoms with E-state index in [1.165, 1.54) is 89.5 Å². The van der Waals surface area contributed by atoms with Crippen LogP contribution in [0.2, 0.25) is 0 Å². The van der Waals surface area contributed by atoms with Crippen LogP contribution in [0.1, 0.15) is 197 Å². The summed E-state index contributed by atoms with van der Waals surface area (Å²) in [6.07, 6.45) is 32.6. The first-order chi connectivity index (χ1) is 26.6. The van der Waals surface area contributed by atoms with Gasteiger partial charge in [0.1, 0.15) is 11.9 Å². The molecule has 3 N–H and O–H groups in total. The summed E-state index contributed by atoms with van der Waals surface area (Å²) in [6, 6.07) is 4.90. The molecule has 312 valence electrons. The summed E-state index contributed by atoms with van der Waals surface area (Å²) in [6.45, 7) is 6.70. The quantitative estimate of drug-likeness (QED) is 0.0308. The van der Waals surface area contributed by atoms with Crippen LogP contribution in [0.15, 0.2) is 42.5 Å². The number of carbonyl (C=O) groups is 2. The second-order valence-electron chi connectivity index (χ2n) is 16.5. The minimum atomic E-state index is -1.07. The maximum Gasteiger partial charge on any atom is 0.336 e. The van der Waals surface area contributed by atoms with Crippen molar-refractivity contribution in [3.8, 4) is 5.75 Å². The van der Waals surface area contributed by atoms with Crippen LogP contribution in [0.4, 0.5) is 0 Å². The van der Waals surface area contributed by atoms with Gasteiger partial charge in [0, 0.05) is 23.3 Å². The minimum Gasteiger partial charge on any atom is -0.494 e. The van der Waals surface area contributed by atoms with Crippen LogP contribution < -0.4 is 4.74 Å². The Kier molecular flexibility index (Phi) is 22.7. The van der Waals surface area contributed by atoms with Crippen LogP contribution in [-0.2, 0) is 9.53 Å². The van der Waals surface area contributed by atoms with Crippen LogP contribution in [0.5, 0.6) is 5.75 Å². The first kappa shape index (κ1) is 47.0. The lowest BCUT2D eigenvalue weighted by molar-refractivity contribution is -0.148. The number of benzene rings is 1. The first-order valence-corrected chi connectivity index (χ1v) is 22.6. The van der Waals surface area contributed by atoms with Gasteiger partial charge in [-0.2, -0.15) is 0 Å². The van der Waals surface area contributed by atoms with E-state index < -0.39 is 18.2 Å². The Morgan fingerprint density at radius 3 is 2.13 bits per heavy atom. The molecule has 3 rings (SSSR count). The number of unbranched alkanes of at least 4 members (excludes halogenated alkanes) is 14. The molecular weight excluding hydrogens is 712 g/mol. The van der Waals surface area contributed by atoms with Gasteiger partial charge in [0.15, 0.2) is 0 Å². The molecule has 0 heterocycles. The van der Waals surface area contributed by atoms with E-state index in [1.807, 2.05) is 6.08 Å². The molecule has 7 nitrogen and oxygen atoms in total. The summed E-state index contributed by atoms with van der Waals surface area (Å²) in [5.41, 5.74) is 0.598. The second-order valence-corrected chi connectivity index (χ2v) is 17.1. The normalized spacial score (nSPS) is 21.9. The number of allylic oxidation sites excluding steroid dienone is 2. The van der Waals surface area contributed by atoms with Gasteiger partial charge in [-0.15, -0.1) is 11.6 Å². The van der Waals surface area contributed by atoms with E-state index in [9.17, 15) is 24.9 Å². The lowest BCUT2D eigenvalue weighted by Crippen LogP contribution is -2.40. The Bertz CT molecular complexity index is 1280. The van der Waals surface area contributed by atoms with E-state index in [1.54, 1.807) is 19.1 Å². The Labute approximate surface area is 338 Å². The van der Waals surface area contributed by atoms with Crippen molar-refractivity contribution in [1.82, 2.24) is 0 Å². The van der Waals surface area contributed by atoms with Crippen LogP contribution in [-0.4, -0.2) is 51.5 Å². The fraction of sp³-hybridized carbons (Fsp3) is 0.745. The second kappa shape index (κ2) is 26.5. The van der Waals surface area contributed by atoms with Gasteiger partial charge in [-0.05, 0) is 94.2 Å². The van der Waals surface area contributed by atoms with E-state index >= 15 is 0 Å². The molecule has 1 unspecified atom stereocenters. The van der Waals surface area contributed by atoms with Gasteiger partial charge in [0.25, 0.3) is 0 Å².